The van der Waals surface area contributed by atoms with Gasteiger partial charge in [0.15, 0.2) is 0 Å². The van der Waals surface area contributed by atoms with Gasteiger partial charge >= 0.3 is 0 Å². The lowest BCUT2D eigenvalue weighted by Crippen LogP contribution is -2.43. The summed E-state index contributed by atoms with van der Waals surface area (Å²) in [6, 6.07) is 22.1. The van der Waals surface area contributed by atoms with E-state index in [4.69, 9.17) is 0 Å². The van der Waals surface area contributed by atoms with Crippen molar-refractivity contribution in [3.8, 4) is 0 Å². The van der Waals surface area contributed by atoms with Crippen LogP contribution in [0.1, 0.15) is 40.0 Å². The molecule has 0 aliphatic carbocycles. The minimum Gasteiger partial charge on any atom is -0.0786 e. The van der Waals surface area contributed by atoms with Gasteiger partial charge in [0.1, 0.15) is 8.80 Å². The van der Waals surface area contributed by atoms with E-state index >= 15 is 0 Å². The van der Waals surface area contributed by atoms with Crippen LogP contribution in [0, 0.1) is 0 Å². The van der Waals surface area contributed by atoms with Crippen LogP contribution in [0.2, 0.25) is 0 Å². The number of benzene rings is 2. The Morgan fingerprint density at radius 2 is 1.29 bits per heavy atom. The molecule has 2 aromatic carbocycles. The molecule has 0 unspecified atom stereocenters. The summed E-state index contributed by atoms with van der Waals surface area (Å²) in [5.41, 5.74) is 1.60. The van der Waals surface area contributed by atoms with Crippen LogP contribution >= 0.6 is 0 Å². The van der Waals surface area contributed by atoms with Crippen LogP contribution in [0.3, 0.4) is 0 Å². The van der Waals surface area contributed by atoms with Crippen LogP contribution in [-0.4, -0.2) is 8.80 Å². The number of hydrogen-bond donors (Lipinski definition) is 0. The van der Waals surface area contributed by atoms with Crippen LogP contribution in [0.25, 0.3) is 0 Å². The molecule has 0 aliphatic rings. The Morgan fingerprint density at radius 1 is 0.810 bits per heavy atom. The predicted octanol–water partition coefficient (Wildman–Crippen LogP) is 4.09. The monoisotopic (exact) mass is 294 g/mol. The van der Waals surface area contributed by atoms with E-state index in [1.807, 2.05) is 0 Å². The molecule has 0 nitrogen and oxygen atoms in total. The second-order valence-electron chi connectivity index (χ2n) is 5.82. The Morgan fingerprint density at radius 3 is 1.71 bits per heavy atom. The van der Waals surface area contributed by atoms with Crippen molar-refractivity contribution in [3.05, 3.63) is 71.4 Å². The molecule has 0 N–H and O–H groups in total. The largest absolute Gasteiger partial charge is 0.128 e. The third-order valence-electron chi connectivity index (χ3n) is 4.28. The Labute approximate surface area is 131 Å². The van der Waals surface area contributed by atoms with Crippen molar-refractivity contribution in [2.75, 3.05) is 0 Å². The molecule has 0 heterocycles. The first kappa shape index (κ1) is 15.8. The van der Waals surface area contributed by atoms with Crippen molar-refractivity contribution in [2.24, 2.45) is 0 Å². The molecule has 1 heteroatoms. The molecule has 0 bridgehead atoms. The van der Waals surface area contributed by atoms with Crippen LogP contribution < -0.4 is 10.4 Å². The summed E-state index contributed by atoms with van der Waals surface area (Å²) in [5.74, 6) is 0. The summed E-state index contributed by atoms with van der Waals surface area (Å²) < 4.78 is 0. The van der Waals surface area contributed by atoms with Gasteiger partial charge in [-0.15, -0.1) is 0 Å². The van der Waals surface area contributed by atoms with Gasteiger partial charge < -0.3 is 0 Å². The molecule has 21 heavy (non-hydrogen) atoms. The molecule has 0 spiro atoms. The van der Waals surface area contributed by atoms with E-state index in [9.17, 15) is 0 Å². The van der Waals surface area contributed by atoms with Crippen molar-refractivity contribution in [1.82, 2.24) is 0 Å². The van der Waals surface area contributed by atoms with Crippen molar-refractivity contribution in [2.45, 2.75) is 40.0 Å². The first-order chi connectivity index (χ1) is 10.2. The maximum Gasteiger partial charge on any atom is 0.128 e. The molecular weight excluding hydrogens is 268 g/mol. The molecule has 2 aromatic rings. The van der Waals surface area contributed by atoms with E-state index in [0.29, 0.717) is 0 Å². The molecular formula is C20H26Si. The average Bonchev–Trinajstić information content (AvgIpc) is 2.54. The van der Waals surface area contributed by atoms with Gasteiger partial charge in [-0.2, -0.15) is 0 Å². The molecule has 110 valence electrons. The maximum absolute atomic E-state index is 2.36. The van der Waals surface area contributed by atoms with Crippen molar-refractivity contribution < 1.29 is 0 Å². The molecule has 2 rings (SSSR count). The van der Waals surface area contributed by atoms with Crippen molar-refractivity contribution in [1.29, 1.82) is 0 Å². The standard InChI is InChI=1S/C20H26Si/c1-4-5-12-17(2)18(3)21(19-13-8-6-9-14-19)20-15-10-7-11-16-20/h6-11,13-16,21H,4-5,12H2,1-3H3. The second kappa shape index (κ2) is 7.99. The van der Waals surface area contributed by atoms with Crippen molar-refractivity contribution in [3.63, 3.8) is 0 Å². The highest BCUT2D eigenvalue weighted by atomic mass is 28.3. The lowest BCUT2D eigenvalue weighted by atomic mass is 10.1. The number of rotatable bonds is 6. The van der Waals surface area contributed by atoms with Gasteiger partial charge in [-0.3, -0.25) is 0 Å². The molecule has 0 fully saturated rings. The van der Waals surface area contributed by atoms with Gasteiger partial charge in [0.05, 0.1) is 0 Å². The number of unbranched alkanes of at least 4 members (excludes halogenated alkanes) is 1. The lowest BCUT2D eigenvalue weighted by Gasteiger charge is -2.20. The lowest BCUT2D eigenvalue weighted by molar-refractivity contribution is 0.784. The van der Waals surface area contributed by atoms with Crippen LogP contribution in [0.4, 0.5) is 0 Å². The molecule has 0 aromatic heterocycles. The SMILES string of the molecule is CCCCC(C)=C(C)[SiH](c1ccccc1)c1ccccc1. The zero-order chi connectivity index (χ0) is 15.1. The molecule has 0 aliphatic heterocycles. The number of hydrogen-bond acceptors (Lipinski definition) is 0. The molecule has 0 amide bonds. The summed E-state index contributed by atoms with van der Waals surface area (Å²) in [6.45, 7) is 6.96. The van der Waals surface area contributed by atoms with E-state index in [2.05, 4.69) is 81.4 Å². The summed E-state index contributed by atoms with van der Waals surface area (Å²) in [5, 5.41) is 4.69. The number of allylic oxidation sites excluding steroid dienone is 2. The predicted molar refractivity (Wildman–Crippen MR) is 97.2 cm³/mol. The van der Waals surface area contributed by atoms with Gasteiger partial charge in [-0.05, 0) is 26.7 Å². The molecule has 0 saturated heterocycles. The highest BCUT2D eigenvalue weighted by Crippen LogP contribution is 2.14. The topological polar surface area (TPSA) is 0 Å². The van der Waals surface area contributed by atoms with Gasteiger partial charge in [0.25, 0.3) is 0 Å². The van der Waals surface area contributed by atoms with Gasteiger partial charge in [0.2, 0.25) is 0 Å². The second-order valence-corrected chi connectivity index (χ2v) is 8.89. The molecule has 0 saturated carbocycles. The zero-order valence-corrected chi connectivity index (χ0v) is 14.6. The Hall–Kier alpha value is -1.60. The van der Waals surface area contributed by atoms with Crippen molar-refractivity contribution >= 4 is 19.2 Å². The smallest absolute Gasteiger partial charge is 0.0786 e. The van der Waals surface area contributed by atoms with E-state index in [1.165, 1.54) is 29.6 Å². The van der Waals surface area contributed by atoms with E-state index in [1.54, 1.807) is 10.8 Å². The highest BCUT2D eigenvalue weighted by Gasteiger charge is 2.19. The zero-order valence-electron chi connectivity index (χ0n) is 13.5. The quantitative estimate of drug-likeness (QED) is 0.704. The minimum absolute atomic E-state index is 1.24. The first-order valence-corrected chi connectivity index (χ1v) is 9.73. The molecule has 0 radical (unpaired) electrons. The Balaban J connectivity index is 2.42. The fraction of sp³-hybridized carbons (Fsp3) is 0.300. The van der Waals surface area contributed by atoms with E-state index in [0.717, 1.165) is 0 Å². The Kier molecular flexibility index (Phi) is 6.00. The minimum atomic E-state index is -1.27. The van der Waals surface area contributed by atoms with Gasteiger partial charge in [-0.25, -0.2) is 0 Å². The summed E-state index contributed by atoms with van der Waals surface area (Å²) >= 11 is 0. The Bertz CT molecular complexity index is 530. The summed E-state index contributed by atoms with van der Waals surface area (Å²) in [4.78, 5) is 0. The normalized spacial score (nSPS) is 12.4. The average molecular weight is 295 g/mol. The maximum atomic E-state index is 2.36. The third-order valence-corrected chi connectivity index (χ3v) is 7.74. The van der Waals surface area contributed by atoms with Crippen LogP contribution in [0.15, 0.2) is 71.4 Å². The first-order valence-electron chi connectivity index (χ1n) is 8.00. The van der Waals surface area contributed by atoms with Gasteiger partial charge in [-0.1, -0.05) is 95.2 Å². The van der Waals surface area contributed by atoms with Crippen LogP contribution in [-0.2, 0) is 0 Å². The fourth-order valence-corrected chi connectivity index (χ4v) is 6.11. The summed E-state index contributed by atoms with van der Waals surface area (Å²) in [6.07, 6.45) is 3.81. The van der Waals surface area contributed by atoms with E-state index in [-0.39, 0.29) is 0 Å². The molecule has 0 atom stereocenters. The highest BCUT2D eigenvalue weighted by molar-refractivity contribution is 6.90. The third kappa shape index (κ3) is 4.18. The van der Waals surface area contributed by atoms with E-state index < -0.39 is 8.80 Å². The van der Waals surface area contributed by atoms with Gasteiger partial charge in [0, 0.05) is 0 Å². The fourth-order valence-electron chi connectivity index (χ4n) is 2.87. The summed E-state index contributed by atoms with van der Waals surface area (Å²) in [7, 11) is -1.27. The van der Waals surface area contributed by atoms with Crippen LogP contribution in [0.5, 0.6) is 0 Å².